The van der Waals surface area contributed by atoms with Gasteiger partial charge in [0.2, 0.25) is 0 Å². The van der Waals surface area contributed by atoms with E-state index in [0.717, 1.165) is 12.8 Å². The summed E-state index contributed by atoms with van der Waals surface area (Å²) in [5, 5.41) is 26.4. The number of nitrogens with zero attached hydrogens (tertiary/aromatic N) is 3. The van der Waals surface area contributed by atoms with Crippen molar-refractivity contribution in [2.24, 2.45) is 5.92 Å². The second-order valence-electron chi connectivity index (χ2n) is 3.44. The Hall–Kier alpha value is -1.79. The Kier molecular flexibility index (Phi) is 3.71. The zero-order valence-corrected chi connectivity index (χ0v) is 7.95. The first-order valence-corrected chi connectivity index (χ1v) is 4.73. The van der Waals surface area contributed by atoms with Gasteiger partial charge in [-0.2, -0.15) is 15.8 Å². The zero-order valence-electron chi connectivity index (χ0n) is 7.95. The fourth-order valence-electron chi connectivity index (χ4n) is 1.67. The van der Waals surface area contributed by atoms with Crippen LogP contribution in [0, 0.1) is 39.9 Å². The lowest BCUT2D eigenvalue weighted by atomic mass is 9.89. The number of hydrogen-bond donors (Lipinski definition) is 0. The Labute approximate surface area is 83.9 Å². The third-order valence-electron chi connectivity index (χ3n) is 2.54. The van der Waals surface area contributed by atoms with Crippen LogP contribution in [0.15, 0.2) is 11.1 Å². The summed E-state index contributed by atoms with van der Waals surface area (Å²) in [4.78, 5) is 0. The van der Waals surface area contributed by atoms with E-state index >= 15 is 0 Å². The Morgan fingerprint density at radius 3 is 2.14 bits per heavy atom. The average Bonchev–Trinajstić information content (AvgIpc) is 2.19. The SMILES string of the molecule is N#CC1=C(C#N)CCC(C#N)CCC1. The van der Waals surface area contributed by atoms with Gasteiger partial charge in [-0.1, -0.05) is 0 Å². The molecule has 0 aromatic heterocycles. The second-order valence-corrected chi connectivity index (χ2v) is 3.44. The van der Waals surface area contributed by atoms with Crippen LogP contribution in [-0.2, 0) is 0 Å². The summed E-state index contributed by atoms with van der Waals surface area (Å²) >= 11 is 0. The van der Waals surface area contributed by atoms with E-state index in [-0.39, 0.29) is 5.92 Å². The molecule has 14 heavy (non-hydrogen) atoms. The molecule has 0 aromatic carbocycles. The van der Waals surface area contributed by atoms with Crippen LogP contribution in [0.4, 0.5) is 0 Å². The molecule has 3 heteroatoms. The minimum atomic E-state index is 0.0543. The van der Waals surface area contributed by atoms with Gasteiger partial charge in [-0.3, -0.25) is 0 Å². The molecule has 1 aliphatic carbocycles. The molecular weight excluding hydrogens is 174 g/mol. The summed E-state index contributed by atoms with van der Waals surface area (Å²) in [5.74, 6) is 0.0543. The average molecular weight is 185 g/mol. The van der Waals surface area contributed by atoms with Crippen molar-refractivity contribution in [3.05, 3.63) is 11.1 Å². The number of hydrogen-bond acceptors (Lipinski definition) is 3. The number of nitriles is 3. The van der Waals surface area contributed by atoms with E-state index in [4.69, 9.17) is 15.8 Å². The van der Waals surface area contributed by atoms with Gasteiger partial charge in [0, 0.05) is 17.1 Å². The van der Waals surface area contributed by atoms with Crippen molar-refractivity contribution in [1.82, 2.24) is 0 Å². The molecule has 0 saturated carbocycles. The van der Waals surface area contributed by atoms with Gasteiger partial charge in [-0.05, 0) is 32.1 Å². The van der Waals surface area contributed by atoms with Crippen molar-refractivity contribution in [2.75, 3.05) is 0 Å². The van der Waals surface area contributed by atoms with Crippen molar-refractivity contribution in [3.8, 4) is 18.2 Å². The van der Waals surface area contributed by atoms with Crippen LogP contribution in [-0.4, -0.2) is 0 Å². The first-order chi connectivity index (χ1) is 6.81. The molecule has 3 nitrogen and oxygen atoms in total. The summed E-state index contributed by atoms with van der Waals surface area (Å²) in [7, 11) is 0. The van der Waals surface area contributed by atoms with Crippen LogP contribution in [0.2, 0.25) is 0 Å². The molecule has 0 saturated heterocycles. The van der Waals surface area contributed by atoms with E-state index in [1.807, 2.05) is 0 Å². The maximum Gasteiger partial charge on any atom is 0.0957 e. The third kappa shape index (κ3) is 2.35. The number of allylic oxidation sites excluding steroid dienone is 2. The van der Waals surface area contributed by atoms with Crippen LogP contribution in [0.25, 0.3) is 0 Å². The lowest BCUT2D eigenvalue weighted by Gasteiger charge is -2.12. The minimum Gasteiger partial charge on any atom is -0.198 e. The monoisotopic (exact) mass is 185 g/mol. The van der Waals surface area contributed by atoms with Gasteiger partial charge in [-0.25, -0.2) is 0 Å². The highest BCUT2D eigenvalue weighted by molar-refractivity contribution is 5.37. The summed E-state index contributed by atoms with van der Waals surface area (Å²) in [6.07, 6.45) is 3.63. The summed E-state index contributed by atoms with van der Waals surface area (Å²) in [5.41, 5.74) is 1.19. The lowest BCUT2D eigenvalue weighted by Crippen LogP contribution is -2.03. The van der Waals surface area contributed by atoms with Gasteiger partial charge in [0.15, 0.2) is 0 Å². The van der Waals surface area contributed by atoms with Crippen LogP contribution in [0.5, 0.6) is 0 Å². The highest BCUT2D eigenvalue weighted by Gasteiger charge is 2.15. The van der Waals surface area contributed by atoms with Crippen LogP contribution in [0.3, 0.4) is 0 Å². The molecule has 1 unspecified atom stereocenters. The molecule has 0 spiro atoms. The molecular formula is C11H11N3. The molecule has 0 radical (unpaired) electrons. The van der Waals surface area contributed by atoms with Gasteiger partial charge in [0.1, 0.15) is 0 Å². The van der Waals surface area contributed by atoms with Crippen molar-refractivity contribution in [3.63, 3.8) is 0 Å². The molecule has 0 aliphatic heterocycles. The molecule has 0 fully saturated rings. The smallest absolute Gasteiger partial charge is 0.0957 e. The fourth-order valence-corrected chi connectivity index (χ4v) is 1.67. The van der Waals surface area contributed by atoms with Gasteiger partial charge in [0.25, 0.3) is 0 Å². The predicted molar refractivity (Wildman–Crippen MR) is 50.4 cm³/mol. The van der Waals surface area contributed by atoms with E-state index in [2.05, 4.69) is 18.2 Å². The van der Waals surface area contributed by atoms with Gasteiger partial charge in [0.05, 0.1) is 18.2 Å². The minimum absolute atomic E-state index is 0.0543. The Morgan fingerprint density at radius 1 is 0.929 bits per heavy atom. The quantitative estimate of drug-likeness (QED) is 0.581. The fraction of sp³-hybridized carbons (Fsp3) is 0.545. The molecule has 1 rings (SSSR count). The highest BCUT2D eigenvalue weighted by atomic mass is 14.3. The summed E-state index contributed by atoms with van der Waals surface area (Å²) in [6, 6.07) is 6.38. The van der Waals surface area contributed by atoms with Crippen molar-refractivity contribution in [1.29, 1.82) is 15.8 Å². The molecule has 70 valence electrons. The summed E-state index contributed by atoms with van der Waals surface area (Å²) in [6.45, 7) is 0. The maximum atomic E-state index is 8.83. The zero-order chi connectivity index (χ0) is 10.4. The number of rotatable bonds is 0. The Bertz CT molecular complexity index is 359. The Balaban J connectivity index is 2.82. The van der Waals surface area contributed by atoms with E-state index in [0.29, 0.717) is 30.4 Å². The van der Waals surface area contributed by atoms with E-state index in [1.165, 1.54) is 0 Å². The normalized spacial score (nSPS) is 22.5. The Morgan fingerprint density at radius 2 is 1.57 bits per heavy atom. The van der Waals surface area contributed by atoms with Gasteiger partial charge < -0.3 is 0 Å². The highest BCUT2D eigenvalue weighted by Crippen LogP contribution is 2.25. The van der Waals surface area contributed by atoms with E-state index < -0.39 is 0 Å². The topological polar surface area (TPSA) is 71.4 Å². The molecule has 0 aromatic rings. The maximum absolute atomic E-state index is 8.83. The first kappa shape index (κ1) is 10.3. The molecule has 0 heterocycles. The van der Waals surface area contributed by atoms with Crippen LogP contribution < -0.4 is 0 Å². The van der Waals surface area contributed by atoms with Crippen molar-refractivity contribution >= 4 is 0 Å². The molecule has 1 aliphatic rings. The van der Waals surface area contributed by atoms with Crippen LogP contribution >= 0.6 is 0 Å². The van der Waals surface area contributed by atoms with Crippen molar-refractivity contribution in [2.45, 2.75) is 32.1 Å². The predicted octanol–water partition coefficient (Wildman–Crippen LogP) is 2.43. The third-order valence-corrected chi connectivity index (χ3v) is 2.54. The molecule has 0 bridgehead atoms. The molecule has 1 atom stereocenters. The molecule has 0 N–H and O–H groups in total. The standard InChI is InChI=1S/C11H11N3/c12-6-9-2-1-3-10(7-13)11(8-14)5-4-9/h9H,1-5H2. The van der Waals surface area contributed by atoms with Gasteiger partial charge in [-0.15, -0.1) is 0 Å². The second kappa shape index (κ2) is 5.05. The van der Waals surface area contributed by atoms with Crippen LogP contribution in [0.1, 0.15) is 32.1 Å². The van der Waals surface area contributed by atoms with Gasteiger partial charge >= 0.3 is 0 Å². The van der Waals surface area contributed by atoms with Crippen molar-refractivity contribution < 1.29 is 0 Å². The van der Waals surface area contributed by atoms with E-state index in [9.17, 15) is 0 Å². The lowest BCUT2D eigenvalue weighted by molar-refractivity contribution is 0.521. The summed E-state index contributed by atoms with van der Waals surface area (Å²) < 4.78 is 0. The van der Waals surface area contributed by atoms with E-state index in [1.54, 1.807) is 0 Å². The largest absolute Gasteiger partial charge is 0.198 e. The first-order valence-electron chi connectivity index (χ1n) is 4.73. The molecule has 0 amide bonds.